The fraction of sp³-hybridized carbons (Fsp3) is 0.333. The van der Waals surface area contributed by atoms with Gasteiger partial charge >= 0.3 is 5.97 Å². The number of sulfonamides is 1. The van der Waals surface area contributed by atoms with Gasteiger partial charge in [0, 0.05) is 30.5 Å². The van der Waals surface area contributed by atoms with Crippen LogP contribution in [0.3, 0.4) is 0 Å². The van der Waals surface area contributed by atoms with Crippen LogP contribution in [0.4, 0.5) is 0 Å². The topological polar surface area (TPSA) is 90.3 Å². The Morgan fingerprint density at radius 2 is 1.51 bits per heavy atom. The van der Waals surface area contributed by atoms with Gasteiger partial charge in [-0.05, 0) is 56.9 Å². The zero-order valence-corrected chi connectivity index (χ0v) is 25.3. The van der Waals surface area contributed by atoms with Gasteiger partial charge < -0.3 is 4.74 Å². The third-order valence-electron chi connectivity index (χ3n) is 6.51. The number of nitrogens with zero attached hydrogens (tertiary/aromatic N) is 2. The quantitative estimate of drug-likeness (QED) is 0.210. The van der Waals surface area contributed by atoms with Crippen LogP contribution in [0.25, 0.3) is 11.1 Å². The first-order valence-electron chi connectivity index (χ1n) is 14.0. The monoisotopic (exact) mass is 573 g/mol. The zero-order chi connectivity index (χ0) is 29.6. The van der Waals surface area contributed by atoms with E-state index in [4.69, 9.17) is 9.84 Å². The number of aromatic nitrogens is 2. The highest BCUT2D eigenvalue weighted by atomic mass is 32.2. The molecule has 0 saturated heterocycles. The summed E-state index contributed by atoms with van der Waals surface area (Å²) in [5, 5.41) is 4.88. The van der Waals surface area contributed by atoms with Crippen molar-refractivity contribution in [2.45, 2.75) is 70.9 Å². The van der Waals surface area contributed by atoms with E-state index in [9.17, 15) is 13.2 Å². The molecule has 0 spiro atoms. The summed E-state index contributed by atoms with van der Waals surface area (Å²) in [6, 6.07) is 24.8. The molecule has 4 rings (SSSR count). The number of aryl methyl sites for hydroxylation is 1. The number of ether oxygens (including phenoxy) is 1. The second kappa shape index (κ2) is 12.8. The maximum absolute atomic E-state index is 13.2. The molecule has 0 fully saturated rings. The molecule has 4 aromatic rings. The summed E-state index contributed by atoms with van der Waals surface area (Å²) in [5.41, 5.74) is 4.92. The van der Waals surface area contributed by atoms with Gasteiger partial charge in [-0.15, -0.1) is 0 Å². The molecule has 8 heteroatoms. The Morgan fingerprint density at radius 1 is 0.878 bits per heavy atom. The van der Waals surface area contributed by atoms with E-state index in [0.29, 0.717) is 36.2 Å². The predicted octanol–water partition coefficient (Wildman–Crippen LogP) is 6.40. The molecule has 0 bridgehead atoms. The van der Waals surface area contributed by atoms with Gasteiger partial charge in [0.2, 0.25) is 10.0 Å². The highest BCUT2D eigenvalue weighted by molar-refractivity contribution is 7.89. The lowest BCUT2D eigenvalue weighted by Gasteiger charge is -2.21. The van der Waals surface area contributed by atoms with Gasteiger partial charge in [0.25, 0.3) is 0 Å². The number of benzene rings is 3. The first-order valence-corrected chi connectivity index (χ1v) is 15.5. The van der Waals surface area contributed by atoms with Crippen LogP contribution in [-0.2, 0) is 34.1 Å². The molecule has 0 aliphatic rings. The van der Waals surface area contributed by atoms with E-state index in [1.807, 2.05) is 92.2 Å². The highest BCUT2D eigenvalue weighted by Crippen LogP contribution is 2.29. The average molecular weight is 574 g/mol. The maximum Gasteiger partial charge on any atom is 0.341 e. The van der Waals surface area contributed by atoms with Crippen LogP contribution < -0.4 is 4.72 Å². The van der Waals surface area contributed by atoms with E-state index in [-0.39, 0.29) is 17.5 Å². The minimum absolute atomic E-state index is 0.233. The summed E-state index contributed by atoms with van der Waals surface area (Å²) >= 11 is 0. The van der Waals surface area contributed by atoms with E-state index in [1.165, 1.54) is 0 Å². The highest BCUT2D eigenvalue weighted by Gasteiger charge is 2.26. The van der Waals surface area contributed by atoms with Crippen LogP contribution in [0, 0.1) is 0 Å². The Bertz CT molecular complexity index is 1590. The van der Waals surface area contributed by atoms with Crippen LogP contribution in [0.2, 0.25) is 0 Å². The fourth-order valence-corrected chi connectivity index (χ4v) is 6.52. The summed E-state index contributed by atoms with van der Waals surface area (Å²) in [5.74, 6) is -0.363. The third kappa shape index (κ3) is 7.51. The minimum Gasteiger partial charge on any atom is -0.462 e. The van der Waals surface area contributed by atoms with Crippen molar-refractivity contribution in [2.75, 3.05) is 6.61 Å². The van der Waals surface area contributed by atoms with Gasteiger partial charge in [0.05, 0.1) is 22.9 Å². The van der Waals surface area contributed by atoms with Crippen molar-refractivity contribution in [1.29, 1.82) is 0 Å². The third-order valence-corrected chi connectivity index (χ3v) is 8.33. The molecule has 0 aliphatic carbocycles. The number of rotatable bonds is 11. The summed E-state index contributed by atoms with van der Waals surface area (Å²) in [7, 11) is -3.72. The molecule has 1 aromatic heterocycles. The van der Waals surface area contributed by atoms with Crippen molar-refractivity contribution in [1.82, 2.24) is 14.5 Å². The Kier molecular flexibility index (Phi) is 9.46. The Hall–Kier alpha value is -3.75. The first kappa shape index (κ1) is 30.2. The molecular weight excluding hydrogens is 534 g/mol. The van der Waals surface area contributed by atoms with Gasteiger partial charge in [-0.2, -0.15) is 5.10 Å². The van der Waals surface area contributed by atoms with Crippen molar-refractivity contribution < 1.29 is 17.9 Å². The molecule has 1 heterocycles. The van der Waals surface area contributed by atoms with Crippen LogP contribution in [0.1, 0.15) is 73.9 Å². The van der Waals surface area contributed by atoms with Crippen molar-refractivity contribution >= 4 is 16.0 Å². The molecule has 0 aliphatic heterocycles. The SMILES string of the molecule is CCCn1nc(Cc2ccc(-c3ccccc3S(=O)(=O)NC(C)(C)C)cc2)c(C(=O)OCC)c1Cc1ccccc1. The lowest BCUT2D eigenvalue weighted by Crippen LogP contribution is -2.40. The van der Waals surface area contributed by atoms with Crippen molar-refractivity contribution in [3.8, 4) is 11.1 Å². The minimum atomic E-state index is -3.72. The predicted molar refractivity (Wildman–Crippen MR) is 162 cm³/mol. The molecule has 3 aromatic carbocycles. The largest absolute Gasteiger partial charge is 0.462 e. The normalized spacial score (nSPS) is 11.9. The standard InChI is InChI=1S/C33H39N3O4S/c1-6-21-36-29(23-24-13-9-8-10-14-24)31(32(37)40-7-2)28(34-36)22-25-17-19-26(20-18-25)27-15-11-12-16-30(27)41(38,39)35-33(3,4)5/h8-20,35H,6-7,21-23H2,1-5H3. The zero-order valence-electron chi connectivity index (χ0n) is 24.5. The van der Waals surface area contributed by atoms with E-state index < -0.39 is 15.6 Å². The molecule has 41 heavy (non-hydrogen) atoms. The lowest BCUT2D eigenvalue weighted by molar-refractivity contribution is 0.0524. The van der Waals surface area contributed by atoms with Gasteiger partial charge in [-0.25, -0.2) is 17.9 Å². The Labute approximate surface area is 243 Å². The molecule has 1 N–H and O–H groups in total. The molecule has 0 atom stereocenters. The summed E-state index contributed by atoms with van der Waals surface area (Å²) < 4.78 is 36.5. The van der Waals surface area contributed by atoms with E-state index >= 15 is 0 Å². The van der Waals surface area contributed by atoms with Crippen LogP contribution in [0.5, 0.6) is 0 Å². The summed E-state index contributed by atoms with van der Waals surface area (Å²) in [4.78, 5) is 13.4. The van der Waals surface area contributed by atoms with Crippen molar-refractivity contribution in [3.63, 3.8) is 0 Å². The van der Waals surface area contributed by atoms with Gasteiger partial charge in [-0.3, -0.25) is 4.68 Å². The van der Waals surface area contributed by atoms with E-state index in [2.05, 4.69) is 11.6 Å². The summed E-state index contributed by atoms with van der Waals surface area (Å²) in [6.07, 6.45) is 1.90. The molecule has 0 amide bonds. The van der Waals surface area contributed by atoms with Crippen molar-refractivity contribution in [2.24, 2.45) is 0 Å². The fourth-order valence-electron chi connectivity index (χ4n) is 4.87. The first-order chi connectivity index (χ1) is 19.5. The molecular formula is C33H39N3O4S. The number of hydrogen-bond acceptors (Lipinski definition) is 5. The number of carbonyl (C=O) groups excluding carboxylic acids is 1. The number of carbonyl (C=O) groups is 1. The smallest absolute Gasteiger partial charge is 0.341 e. The van der Waals surface area contributed by atoms with Crippen LogP contribution in [0.15, 0.2) is 83.8 Å². The van der Waals surface area contributed by atoms with Crippen molar-refractivity contribution in [3.05, 3.63) is 107 Å². The summed E-state index contributed by atoms with van der Waals surface area (Å²) in [6.45, 7) is 10.3. The average Bonchev–Trinajstić information content (AvgIpc) is 3.25. The van der Waals surface area contributed by atoms with Gasteiger partial charge in [-0.1, -0.05) is 79.7 Å². The van der Waals surface area contributed by atoms with E-state index in [1.54, 1.807) is 19.1 Å². The molecule has 7 nitrogen and oxygen atoms in total. The number of esters is 1. The molecule has 0 unspecified atom stereocenters. The van der Waals surface area contributed by atoms with Crippen LogP contribution in [-0.4, -0.2) is 36.3 Å². The lowest BCUT2D eigenvalue weighted by atomic mass is 9.99. The number of nitrogens with one attached hydrogen (secondary N) is 1. The number of hydrogen-bond donors (Lipinski definition) is 1. The second-order valence-electron chi connectivity index (χ2n) is 11.1. The second-order valence-corrected chi connectivity index (χ2v) is 12.8. The maximum atomic E-state index is 13.2. The van der Waals surface area contributed by atoms with Gasteiger partial charge in [0.1, 0.15) is 5.56 Å². The Morgan fingerprint density at radius 3 is 2.15 bits per heavy atom. The van der Waals surface area contributed by atoms with E-state index in [0.717, 1.165) is 28.8 Å². The molecule has 0 radical (unpaired) electrons. The van der Waals surface area contributed by atoms with Crippen LogP contribution >= 0.6 is 0 Å². The molecule has 0 saturated carbocycles. The van der Waals surface area contributed by atoms with Gasteiger partial charge in [0.15, 0.2) is 0 Å². The Balaban J connectivity index is 1.69. The molecule has 216 valence electrons.